The van der Waals surface area contributed by atoms with Crippen molar-refractivity contribution in [3.8, 4) is 17.0 Å². The van der Waals surface area contributed by atoms with Crippen LogP contribution in [0.1, 0.15) is 58.5 Å². The smallest absolute Gasteiger partial charge is 0.410 e. The van der Waals surface area contributed by atoms with Crippen molar-refractivity contribution in [1.29, 1.82) is 0 Å². The van der Waals surface area contributed by atoms with Crippen LogP contribution in [0.25, 0.3) is 11.3 Å². The number of anilines is 1. The highest BCUT2D eigenvalue weighted by molar-refractivity contribution is 5.82. The molecule has 2 N–H and O–H groups in total. The van der Waals surface area contributed by atoms with Gasteiger partial charge in [-0.2, -0.15) is 0 Å². The number of amides is 1. The number of imidazole rings is 1. The van der Waals surface area contributed by atoms with Gasteiger partial charge in [0.15, 0.2) is 0 Å². The Morgan fingerprint density at radius 2 is 2.03 bits per heavy atom. The summed E-state index contributed by atoms with van der Waals surface area (Å²) in [5.74, 6) is 1.61. The Balaban J connectivity index is 1.47. The maximum atomic E-state index is 12.4. The molecule has 1 saturated heterocycles. The number of aliphatic hydroxyl groups excluding tert-OH is 1. The van der Waals surface area contributed by atoms with E-state index in [9.17, 15) is 9.90 Å². The number of carbonyl (C=O) groups is 1. The molecule has 0 atom stereocenters. The van der Waals surface area contributed by atoms with Crippen LogP contribution < -0.4 is 9.64 Å². The lowest BCUT2D eigenvalue weighted by Gasteiger charge is -2.34. The number of hydrogen-bond donors (Lipinski definition) is 2. The van der Waals surface area contributed by atoms with Gasteiger partial charge in [0.2, 0.25) is 0 Å². The Morgan fingerprint density at radius 3 is 2.71 bits per heavy atom. The van der Waals surface area contributed by atoms with Crippen molar-refractivity contribution in [2.75, 3.05) is 37.7 Å². The van der Waals surface area contributed by atoms with E-state index >= 15 is 0 Å². The Bertz CT molecular complexity index is 1010. The fourth-order valence-corrected chi connectivity index (χ4v) is 4.53. The highest BCUT2D eigenvalue weighted by Gasteiger charge is 2.29. The van der Waals surface area contributed by atoms with Crippen LogP contribution in [-0.4, -0.2) is 70.6 Å². The molecule has 0 spiro atoms. The van der Waals surface area contributed by atoms with Crippen molar-refractivity contribution in [2.45, 2.75) is 71.8 Å². The van der Waals surface area contributed by atoms with Crippen LogP contribution in [-0.2, 0) is 22.6 Å². The van der Waals surface area contributed by atoms with E-state index in [1.54, 1.807) is 4.90 Å². The van der Waals surface area contributed by atoms with Gasteiger partial charge in [0.1, 0.15) is 29.9 Å². The van der Waals surface area contributed by atoms with E-state index in [0.29, 0.717) is 39.3 Å². The monoisotopic (exact) mass is 486 g/mol. The number of carbonyl (C=O) groups excluding carboxylic acids is 1. The molecule has 2 aliphatic rings. The number of piperidine rings is 1. The number of nitrogens with one attached hydrogen (secondary N) is 1. The second kappa shape index (κ2) is 10.9. The van der Waals surface area contributed by atoms with Crippen LogP contribution in [0.15, 0.2) is 18.2 Å². The molecule has 1 aromatic carbocycles. The van der Waals surface area contributed by atoms with E-state index in [-0.39, 0.29) is 18.8 Å². The van der Waals surface area contributed by atoms with Crippen LogP contribution >= 0.6 is 0 Å². The van der Waals surface area contributed by atoms with Crippen molar-refractivity contribution < 1.29 is 24.1 Å². The van der Waals surface area contributed by atoms with Crippen molar-refractivity contribution in [3.63, 3.8) is 0 Å². The first-order valence-electron chi connectivity index (χ1n) is 12.6. The van der Waals surface area contributed by atoms with E-state index in [1.807, 2.05) is 33.8 Å². The van der Waals surface area contributed by atoms with Gasteiger partial charge in [-0.25, -0.2) is 9.78 Å². The highest BCUT2D eigenvalue weighted by Crippen LogP contribution is 2.40. The van der Waals surface area contributed by atoms with Crippen molar-refractivity contribution >= 4 is 11.8 Å². The van der Waals surface area contributed by atoms with Gasteiger partial charge in [-0.3, -0.25) is 0 Å². The summed E-state index contributed by atoms with van der Waals surface area (Å²) in [5, 5.41) is 9.36. The molecular weight excluding hydrogens is 448 g/mol. The Kier molecular flexibility index (Phi) is 7.86. The third kappa shape index (κ3) is 6.27. The molecule has 0 unspecified atom stereocenters. The van der Waals surface area contributed by atoms with Crippen LogP contribution in [0.3, 0.4) is 0 Å². The summed E-state index contributed by atoms with van der Waals surface area (Å²) in [5.41, 5.74) is 3.60. The van der Waals surface area contributed by atoms with Crippen molar-refractivity contribution in [2.24, 2.45) is 0 Å². The van der Waals surface area contributed by atoms with E-state index in [2.05, 4.69) is 22.0 Å². The Morgan fingerprint density at radius 1 is 1.26 bits per heavy atom. The molecule has 9 heteroatoms. The zero-order valence-corrected chi connectivity index (χ0v) is 21.3. The van der Waals surface area contributed by atoms with Gasteiger partial charge in [0.05, 0.1) is 17.9 Å². The molecule has 192 valence electrons. The molecule has 35 heavy (non-hydrogen) atoms. The van der Waals surface area contributed by atoms with Crippen LogP contribution in [0.5, 0.6) is 5.75 Å². The fraction of sp³-hybridized carbons (Fsp3) is 0.615. The minimum absolute atomic E-state index is 0.0352. The van der Waals surface area contributed by atoms with E-state index in [4.69, 9.17) is 19.2 Å². The van der Waals surface area contributed by atoms with Gasteiger partial charge in [0.25, 0.3) is 0 Å². The van der Waals surface area contributed by atoms with Gasteiger partial charge in [0, 0.05) is 56.9 Å². The first-order chi connectivity index (χ1) is 16.8. The number of hydrogen-bond acceptors (Lipinski definition) is 7. The molecule has 2 aliphatic heterocycles. The maximum Gasteiger partial charge on any atom is 0.410 e. The minimum Gasteiger partial charge on any atom is -0.490 e. The molecule has 2 aromatic rings. The zero-order chi connectivity index (χ0) is 25.0. The summed E-state index contributed by atoms with van der Waals surface area (Å²) >= 11 is 0. The number of likely N-dealkylation sites (tertiary alicyclic amines) is 1. The van der Waals surface area contributed by atoms with E-state index in [0.717, 1.165) is 53.6 Å². The standard InChI is InChI=1S/C26H38N4O5/c1-5-33-17-23-27-21-16-30(11-6-14-31)22-8-7-19(15-20(22)24(21)28-23)34-18-9-12-29(13-10-18)25(32)35-26(2,3)4/h7-8,15,18,31H,5-6,9-14,16-17H2,1-4H3,(H,27,28). The van der Waals surface area contributed by atoms with Crippen molar-refractivity contribution in [1.82, 2.24) is 14.9 Å². The van der Waals surface area contributed by atoms with Gasteiger partial charge >= 0.3 is 6.09 Å². The number of aliphatic hydroxyl groups is 1. The molecule has 1 fully saturated rings. The van der Waals surface area contributed by atoms with Crippen LogP contribution in [0.4, 0.5) is 10.5 Å². The molecule has 0 aliphatic carbocycles. The first kappa shape index (κ1) is 25.3. The number of benzene rings is 1. The minimum atomic E-state index is -0.494. The number of rotatable bonds is 8. The average Bonchev–Trinajstić information content (AvgIpc) is 3.23. The quantitative estimate of drug-likeness (QED) is 0.580. The second-order valence-electron chi connectivity index (χ2n) is 10.1. The number of fused-ring (bicyclic) bond motifs is 3. The van der Waals surface area contributed by atoms with Crippen LogP contribution in [0, 0.1) is 0 Å². The van der Waals surface area contributed by atoms with E-state index < -0.39 is 5.60 Å². The Labute approximate surface area is 207 Å². The molecule has 0 radical (unpaired) electrons. The summed E-state index contributed by atoms with van der Waals surface area (Å²) in [6, 6.07) is 6.15. The maximum absolute atomic E-state index is 12.4. The topological polar surface area (TPSA) is 100 Å². The summed E-state index contributed by atoms with van der Waals surface area (Å²) in [6.45, 7) is 11.5. The van der Waals surface area contributed by atoms with E-state index in [1.165, 1.54) is 0 Å². The molecule has 1 aromatic heterocycles. The fourth-order valence-electron chi connectivity index (χ4n) is 4.53. The number of aromatic amines is 1. The lowest BCUT2D eigenvalue weighted by molar-refractivity contribution is 0.0126. The predicted octanol–water partition coefficient (Wildman–Crippen LogP) is 4.09. The number of ether oxygens (including phenoxy) is 3. The molecule has 0 saturated carbocycles. The summed E-state index contributed by atoms with van der Waals surface area (Å²) in [6.07, 6.45) is 1.98. The second-order valence-corrected chi connectivity index (χ2v) is 10.1. The number of aromatic nitrogens is 2. The molecule has 1 amide bonds. The third-order valence-electron chi connectivity index (χ3n) is 6.17. The highest BCUT2D eigenvalue weighted by atomic mass is 16.6. The summed E-state index contributed by atoms with van der Waals surface area (Å²) in [4.78, 5) is 24.6. The Hall–Kier alpha value is -2.78. The van der Waals surface area contributed by atoms with Crippen molar-refractivity contribution in [3.05, 3.63) is 29.7 Å². The largest absolute Gasteiger partial charge is 0.490 e. The zero-order valence-electron chi connectivity index (χ0n) is 21.3. The lowest BCUT2D eigenvalue weighted by atomic mass is 10.0. The molecular formula is C26H38N4O5. The summed E-state index contributed by atoms with van der Waals surface area (Å²) in [7, 11) is 0. The molecule has 0 bridgehead atoms. The number of H-pyrrole nitrogens is 1. The SMILES string of the molecule is CCOCc1nc2c([nH]1)CN(CCCO)c1ccc(OC3CCN(C(=O)OC(C)(C)C)CC3)cc1-2. The first-order valence-corrected chi connectivity index (χ1v) is 12.6. The predicted molar refractivity (Wildman–Crippen MR) is 134 cm³/mol. The lowest BCUT2D eigenvalue weighted by Crippen LogP contribution is -2.44. The number of nitrogens with zero attached hydrogens (tertiary/aromatic N) is 3. The molecule has 4 rings (SSSR count). The molecule has 9 nitrogen and oxygen atoms in total. The van der Waals surface area contributed by atoms with Gasteiger partial charge in [-0.1, -0.05) is 0 Å². The summed E-state index contributed by atoms with van der Waals surface area (Å²) < 4.78 is 17.4. The van der Waals surface area contributed by atoms with Crippen LogP contribution in [0.2, 0.25) is 0 Å². The van der Waals surface area contributed by atoms with Gasteiger partial charge in [-0.15, -0.1) is 0 Å². The average molecular weight is 487 g/mol. The van der Waals surface area contributed by atoms with Gasteiger partial charge in [-0.05, 0) is 52.3 Å². The normalized spacial score (nSPS) is 16.1. The van der Waals surface area contributed by atoms with Gasteiger partial charge < -0.3 is 34.1 Å². The molecule has 3 heterocycles. The third-order valence-corrected chi connectivity index (χ3v) is 6.17.